The molecule has 5 heteroatoms. The second-order valence-corrected chi connectivity index (χ2v) is 7.54. The Bertz CT molecular complexity index is 1000. The third kappa shape index (κ3) is 4.39. The van der Waals surface area contributed by atoms with Crippen molar-refractivity contribution in [1.29, 1.82) is 0 Å². The van der Waals surface area contributed by atoms with Gasteiger partial charge in [0.2, 0.25) is 0 Å². The Morgan fingerprint density at radius 1 is 0.966 bits per heavy atom. The van der Waals surface area contributed by atoms with Gasteiger partial charge in [0.25, 0.3) is 5.91 Å². The highest BCUT2D eigenvalue weighted by Crippen LogP contribution is 2.33. The number of amides is 1. The van der Waals surface area contributed by atoms with Crippen LogP contribution < -0.4 is 0 Å². The SMILES string of the molecule is C/C(=N/N1C(=O)CN(Cc2ccccc2)[C@@H]1c1ccc(Cl)cc1)c1ccccc1. The summed E-state index contributed by atoms with van der Waals surface area (Å²) in [6.07, 6.45) is -0.279. The van der Waals surface area contributed by atoms with Crippen LogP contribution in [0.3, 0.4) is 0 Å². The fourth-order valence-corrected chi connectivity index (χ4v) is 3.71. The molecule has 3 aromatic rings. The van der Waals surface area contributed by atoms with E-state index in [0.717, 1.165) is 22.4 Å². The van der Waals surface area contributed by atoms with Gasteiger partial charge in [0.05, 0.1) is 12.3 Å². The van der Waals surface area contributed by atoms with Gasteiger partial charge in [-0.1, -0.05) is 84.4 Å². The standard InChI is InChI=1S/C24H22ClN3O/c1-18(20-10-6-3-7-11-20)26-28-23(29)17-27(16-19-8-4-2-5-9-19)24(28)21-12-14-22(25)15-13-21/h2-15,24H,16-17H2,1H3/b26-18-/t24-/m0/s1. The van der Waals surface area contributed by atoms with E-state index in [1.165, 1.54) is 0 Å². The van der Waals surface area contributed by atoms with E-state index in [-0.39, 0.29) is 12.1 Å². The maximum Gasteiger partial charge on any atom is 0.258 e. The fourth-order valence-electron chi connectivity index (χ4n) is 3.58. The first-order valence-corrected chi connectivity index (χ1v) is 9.96. The van der Waals surface area contributed by atoms with Crippen molar-refractivity contribution in [3.63, 3.8) is 0 Å². The maximum atomic E-state index is 12.9. The number of hydrazone groups is 1. The lowest BCUT2D eigenvalue weighted by atomic mass is 10.1. The van der Waals surface area contributed by atoms with Crippen molar-refractivity contribution < 1.29 is 4.79 Å². The van der Waals surface area contributed by atoms with Crippen molar-refractivity contribution >= 4 is 23.2 Å². The highest BCUT2D eigenvalue weighted by atomic mass is 35.5. The predicted octanol–water partition coefficient (Wildman–Crippen LogP) is 5.11. The van der Waals surface area contributed by atoms with Crippen LogP contribution in [0.2, 0.25) is 5.02 Å². The van der Waals surface area contributed by atoms with Crippen LogP contribution in [0.4, 0.5) is 0 Å². The molecule has 0 aromatic heterocycles. The Morgan fingerprint density at radius 3 is 2.24 bits per heavy atom. The van der Waals surface area contributed by atoms with E-state index < -0.39 is 0 Å². The summed E-state index contributed by atoms with van der Waals surface area (Å²) in [5, 5.41) is 7.00. The summed E-state index contributed by atoms with van der Waals surface area (Å²) in [4.78, 5) is 15.1. The summed E-state index contributed by atoms with van der Waals surface area (Å²) < 4.78 is 0. The quantitative estimate of drug-likeness (QED) is 0.555. The molecule has 1 fully saturated rings. The summed E-state index contributed by atoms with van der Waals surface area (Å²) in [5.74, 6) is -0.0174. The minimum Gasteiger partial charge on any atom is -0.271 e. The molecule has 0 bridgehead atoms. The van der Waals surface area contributed by atoms with Gasteiger partial charge in [0.1, 0.15) is 6.17 Å². The Labute approximate surface area is 176 Å². The van der Waals surface area contributed by atoms with E-state index in [1.807, 2.05) is 79.7 Å². The van der Waals surface area contributed by atoms with Crippen molar-refractivity contribution in [1.82, 2.24) is 9.91 Å². The molecule has 0 aliphatic carbocycles. The zero-order valence-corrected chi connectivity index (χ0v) is 17.0. The molecule has 146 valence electrons. The van der Waals surface area contributed by atoms with Gasteiger partial charge >= 0.3 is 0 Å². The van der Waals surface area contributed by atoms with Crippen LogP contribution in [0.5, 0.6) is 0 Å². The molecule has 1 saturated heterocycles. The summed E-state index contributed by atoms with van der Waals surface area (Å²) >= 11 is 6.09. The molecule has 1 aliphatic rings. The largest absolute Gasteiger partial charge is 0.271 e. The summed E-state index contributed by atoms with van der Waals surface area (Å²) in [5.41, 5.74) is 3.95. The van der Waals surface area contributed by atoms with E-state index in [0.29, 0.717) is 18.1 Å². The number of hydrogen-bond donors (Lipinski definition) is 0. The average molecular weight is 404 g/mol. The van der Waals surface area contributed by atoms with Crippen LogP contribution in [0.15, 0.2) is 90.0 Å². The first kappa shape index (κ1) is 19.4. The smallest absolute Gasteiger partial charge is 0.258 e. The Kier molecular flexibility index (Phi) is 5.74. The number of nitrogens with zero attached hydrogens (tertiary/aromatic N) is 3. The van der Waals surface area contributed by atoms with Gasteiger partial charge in [-0.25, -0.2) is 5.01 Å². The molecule has 29 heavy (non-hydrogen) atoms. The molecule has 4 nitrogen and oxygen atoms in total. The lowest BCUT2D eigenvalue weighted by Crippen LogP contribution is -2.29. The van der Waals surface area contributed by atoms with Gasteiger partial charge in [-0.3, -0.25) is 9.69 Å². The molecule has 1 atom stereocenters. The van der Waals surface area contributed by atoms with Crippen molar-refractivity contribution in [3.05, 3.63) is 107 Å². The van der Waals surface area contributed by atoms with Crippen molar-refractivity contribution in [2.24, 2.45) is 5.10 Å². The number of rotatable bonds is 5. The Morgan fingerprint density at radius 2 is 1.59 bits per heavy atom. The topological polar surface area (TPSA) is 35.9 Å². The zero-order valence-electron chi connectivity index (χ0n) is 16.2. The lowest BCUT2D eigenvalue weighted by molar-refractivity contribution is -0.128. The summed E-state index contributed by atoms with van der Waals surface area (Å²) in [6.45, 7) is 2.91. The first-order valence-electron chi connectivity index (χ1n) is 9.58. The van der Waals surface area contributed by atoms with Gasteiger partial charge in [-0.15, -0.1) is 0 Å². The monoisotopic (exact) mass is 403 g/mol. The molecular weight excluding hydrogens is 382 g/mol. The molecule has 1 aliphatic heterocycles. The molecule has 1 heterocycles. The van der Waals surface area contributed by atoms with Crippen molar-refractivity contribution in [3.8, 4) is 0 Å². The molecule has 3 aromatic carbocycles. The number of hydrogen-bond acceptors (Lipinski definition) is 3. The van der Waals surface area contributed by atoms with Crippen LogP contribution in [0.1, 0.15) is 29.8 Å². The number of halogens is 1. The summed E-state index contributed by atoms with van der Waals surface area (Å²) in [6, 6.07) is 27.7. The summed E-state index contributed by atoms with van der Waals surface area (Å²) in [7, 11) is 0. The lowest BCUT2D eigenvalue weighted by Gasteiger charge is -2.28. The minimum absolute atomic E-state index is 0.0174. The van der Waals surface area contributed by atoms with Gasteiger partial charge in [-0.2, -0.15) is 5.10 Å². The average Bonchev–Trinajstić information content (AvgIpc) is 3.04. The Balaban J connectivity index is 1.70. The van der Waals surface area contributed by atoms with Crippen molar-refractivity contribution in [2.45, 2.75) is 19.6 Å². The molecule has 0 N–H and O–H groups in total. The van der Waals surface area contributed by atoms with Gasteiger partial charge in [0.15, 0.2) is 0 Å². The highest BCUT2D eigenvalue weighted by Gasteiger charge is 2.39. The van der Waals surface area contributed by atoms with Gasteiger partial charge in [0, 0.05) is 11.6 Å². The molecule has 0 radical (unpaired) electrons. The van der Waals surface area contributed by atoms with E-state index >= 15 is 0 Å². The predicted molar refractivity (Wildman–Crippen MR) is 117 cm³/mol. The molecule has 1 amide bonds. The van der Waals surface area contributed by atoms with Gasteiger partial charge in [-0.05, 0) is 35.7 Å². The molecular formula is C24H22ClN3O. The molecule has 0 unspecified atom stereocenters. The Hall–Kier alpha value is -2.95. The van der Waals surface area contributed by atoms with Crippen LogP contribution in [-0.2, 0) is 11.3 Å². The van der Waals surface area contributed by atoms with E-state index in [1.54, 1.807) is 5.01 Å². The molecule has 0 spiro atoms. The van der Waals surface area contributed by atoms with E-state index in [2.05, 4.69) is 17.0 Å². The van der Waals surface area contributed by atoms with Crippen LogP contribution >= 0.6 is 11.6 Å². The van der Waals surface area contributed by atoms with Crippen LogP contribution in [-0.4, -0.2) is 28.1 Å². The number of benzene rings is 3. The van der Waals surface area contributed by atoms with Crippen LogP contribution in [0, 0.1) is 0 Å². The third-order valence-electron chi connectivity index (χ3n) is 5.02. The van der Waals surface area contributed by atoms with E-state index in [9.17, 15) is 4.79 Å². The van der Waals surface area contributed by atoms with E-state index in [4.69, 9.17) is 16.7 Å². The van der Waals surface area contributed by atoms with Gasteiger partial charge < -0.3 is 0 Å². The zero-order chi connectivity index (χ0) is 20.2. The normalized spacial score (nSPS) is 17.7. The second-order valence-electron chi connectivity index (χ2n) is 7.11. The fraction of sp³-hybridized carbons (Fsp3) is 0.167. The second kappa shape index (κ2) is 8.60. The molecule has 4 rings (SSSR count). The van der Waals surface area contributed by atoms with Crippen LogP contribution in [0.25, 0.3) is 0 Å². The molecule has 0 saturated carbocycles. The number of carbonyl (C=O) groups excluding carboxylic acids is 1. The minimum atomic E-state index is -0.279. The van der Waals surface area contributed by atoms with Crippen molar-refractivity contribution in [2.75, 3.05) is 6.54 Å². The first-order chi connectivity index (χ1) is 14.1. The third-order valence-corrected chi connectivity index (χ3v) is 5.27. The maximum absolute atomic E-state index is 12.9. The highest BCUT2D eigenvalue weighted by molar-refractivity contribution is 6.30. The number of carbonyl (C=O) groups is 1.